The summed E-state index contributed by atoms with van der Waals surface area (Å²) in [5.74, 6) is -0.194. The lowest BCUT2D eigenvalue weighted by Gasteiger charge is -2.06. The quantitative estimate of drug-likeness (QED) is 0.832. The first-order valence-electron chi connectivity index (χ1n) is 5.92. The zero-order valence-electron chi connectivity index (χ0n) is 10.3. The third-order valence-corrected chi connectivity index (χ3v) is 2.55. The van der Waals surface area contributed by atoms with Gasteiger partial charge in [0.05, 0.1) is 0 Å². The number of ether oxygens (including phenoxy) is 1. The number of aliphatic carboxylic acids is 1. The Morgan fingerprint density at radius 3 is 2.37 bits per heavy atom. The topological polar surface area (TPSA) is 46.5 Å². The molecular weight excluding hydrogens is 240 g/mol. The van der Waals surface area contributed by atoms with Gasteiger partial charge in [-0.25, -0.2) is 4.79 Å². The van der Waals surface area contributed by atoms with Crippen molar-refractivity contribution in [3.63, 3.8) is 0 Å². The number of carboxylic acids is 1. The highest BCUT2D eigenvalue weighted by Gasteiger charge is 1.96. The molecule has 3 nitrogen and oxygen atoms in total. The number of hydrogen-bond donors (Lipinski definition) is 1. The number of benzene rings is 2. The predicted molar refractivity (Wildman–Crippen MR) is 73.9 cm³/mol. The third-order valence-electron chi connectivity index (χ3n) is 2.55. The highest BCUT2D eigenvalue weighted by atomic mass is 16.5. The number of carboxylic acid groups (broad SMARTS) is 1. The summed E-state index contributed by atoms with van der Waals surface area (Å²) in [6.45, 7) is 0.519. The van der Waals surface area contributed by atoms with Crippen molar-refractivity contribution in [1.29, 1.82) is 0 Å². The zero-order chi connectivity index (χ0) is 13.5. The summed E-state index contributed by atoms with van der Waals surface area (Å²) in [7, 11) is 0. The van der Waals surface area contributed by atoms with Gasteiger partial charge in [0.1, 0.15) is 12.4 Å². The Hall–Kier alpha value is -2.55. The van der Waals surface area contributed by atoms with Crippen LogP contribution in [0.5, 0.6) is 5.75 Å². The minimum absolute atomic E-state index is 0.519. The summed E-state index contributed by atoms with van der Waals surface area (Å²) in [6, 6.07) is 17.2. The molecule has 0 radical (unpaired) electrons. The molecule has 0 unspecified atom stereocenters. The van der Waals surface area contributed by atoms with Crippen LogP contribution in [0.1, 0.15) is 11.1 Å². The minimum atomic E-state index is -0.954. The van der Waals surface area contributed by atoms with Crippen molar-refractivity contribution in [3.8, 4) is 5.75 Å². The SMILES string of the molecule is O=C(O)/C=C/c1ccc(OCc2ccccc2)cc1. The highest BCUT2D eigenvalue weighted by Crippen LogP contribution is 2.15. The highest BCUT2D eigenvalue weighted by molar-refractivity contribution is 5.85. The van der Waals surface area contributed by atoms with Crippen LogP contribution in [-0.2, 0) is 11.4 Å². The molecule has 0 amide bonds. The van der Waals surface area contributed by atoms with Gasteiger partial charge in [0, 0.05) is 6.08 Å². The van der Waals surface area contributed by atoms with Gasteiger partial charge in [-0.1, -0.05) is 42.5 Å². The van der Waals surface area contributed by atoms with Crippen LogP contribution < -0.4 is 4.74 Å². The zero-order valence-corrected chi connectivity index (χ0v) is 10.3. The average molecular weight is 254 g/mol. The Morgan fingerprint density at radius 1 is 1.05 bits per heavy atom. The molecule has 0 aliphatic carbocycles. The lowest BCUT2D eigenvalue weighted by molar-refractivity contribution is -0.131. The van der Waals surface area contributed by atoms with E-state index in [0.717, 1.165) is 23.0 Å². The Morgan fingerprint density at radius 2 is 1.74 bits per heavy atom. The van der Waals surface area contributed by atoms with Gasteiger partial charge < -0.3 is 9.84 Å². The molecule has 19 heavy (non-hydrogen) atoms. The van der Waals surface area contributed by atoms with Crippen LogP contribution in [0.25, 0.3) is 6.08 Å². The smallest absolute Gasteiger partial charge is 0.328 e. The first-order chi connectivity index (χ1) is 9.24. The average Bonchev–Trinajstić information content (AvgIpc) is 2.45. The van der Waals surface area contributed by atoms with Crippen LogP contribution in [0.2, 0.25) is 0 Å². The van der Waals surface area contributed by atoms with Gasteiger partial charge in [-0.05, 0) is 29.3 Å². The maximum Gasteiger partial charge on any atom is 0.328 e. The first kappa shape index (κ1) is 12.9. The molecule has 0 spiro atoms. The molecule has 96 valence electrons. The summed E-state index contributed by atoms with van der Waals surface area (Å²) < 4.78 is 5.63. The molecule has 0 saturated heterocycles. The molecule has 0 aliphatic heterocycles. The predicted octanol–water partition coefficient (Wildman–Crippen LogP) is 3.36. The van der Waals surface area contributed by atoms with E-state index in [1.54, 1.807) is 6.08 Å². The Bertz CT molecular complexity index is 556. The molecule has 0 aliphatic rings. The van der Waals surface area contributed by atoms with Gasteiger partial charge in [0.15, 0.2) is 0 Å². The number of hydrogen-bond acceptors (Lipinski definition) is 2. The van der Waals surface area contributed by atoms with Gasteiger partial charge in [-0.3, -0.25) is 0 Å². The van der Waals surface area contributed by atoms with Gasteiger partial charge >= 0.3 is 5.97 Å². The fraction of sp³-hybridized carbons (Fsp3) is 0.0625. The van der Waals surface area contributed by atoms with E-state index in [1.807, 2.05) is 54.6 Å². The van der Waals surface area contributed by atoms with Crippen molar-refractivity contribution in [2.45, 2.75) is 6.61 Å². The molecule has 0 atom stereocenters. The largest absolute Gasteiger partial charge is 0.489 e. The Labute approximate surface area is 111 Å². The molecule has 0 saturated carbocycles. The molecule has 2 rings (SSSR count). The third kappa shape index (κ3) is 4.32. The monoisotopic (exact) mass is 254 g/mol. The van der Waals surface area contributed by atoms with Crippen molar-refractivity contribution in [1.82, 2.24) is 0 Å². The van der Waals surface area contributed by atoms with Crippen LogP contribution >= 0.6 is 0 Å². The van der Waals surface area contributed by atoms with E-state index in [0.29, 0.717) is 6.61 Å². The lowest BCUT2D eigenvalue weighted by atomic mass is 10.2. The standard InChI is InChI=1S/C16H14O3/c17-16(18)11-8-13-6-9-15(10-7-13)19-12-14-4-2-1-3-5-14/h1-11H,12H2,(H,17,18)/b11-8+. The molecule has 2 aromatic rings. The van der Waals surface area contributed by atoms with Crippen LogP contribution in [0.4, 0.5) is 0 Å². The summed E-state index contributed by atoms with van der Waals surface area (Å²) in [5, 5.41) is 8.53. The second-order valence-corrected chi connectivity index (χ2v) is 4.01. The molecular formula is C16H14O3. The van der Waals surface area contributed by atoms with Gasteiger partial charge in [0.25, 0.3) is 0 Å². The molecule has 0 heterocycles. The Balaban J connectivity index is 1.94. The first-order valence-corrected chi connectivity index (χ1v) is 5.92. The summed E-state index contributed by atoms with van der Waals surface area (Å²) >= 11 is 0. The summed E-state index contributed by atoms with van der Waals surface area (Å²) in [4.78, 5) is 10.4. The van der Waals surface area contributed by atoms with Crippen LogP contribution in [-0.4, -0.2) is 11.1 Å². The van der Waals surface area contributed by atoms with Crippen molar-refractivity contribution in [3.05, 3.63) is 71.8 Å². The molecule has 2 aromatic carbocycles. The van der Waals surface area contributed by atoms with E-state index in [9.17, 15) is 4.79 Å². The summed E-state index contributed by atoms with van der Waals surface area (Å²) in [5.41, 5.74) is 1.94. The normalized spacial score (nSPS) is 10.5. The second-order valence-electron chi connectivity index (χ2n) is 4.01. The summed E-state index contributed by atoms with van der Waals surface area (Å²) in [6.07, 6.45) is 2.66. The van der Waals surface area contributed by atoms with Crippen molar-refractivity contribution in [2.24, 2.45) is 0 Å². The van der Waals surface area contributed by atoms with Crippen molar-refractivity contribution < 1.29 is 14.6 Å². The van der Waals surface area contributed by atoms with E-state index < -0.39 is 5.97 Å². The van der Waals surface area contributed by atoms with E-state index >= 15 is 0 Å². The maximum atomic E-state index is 10.4. The van der Waals surface area contributed by atoms with E-state index in [1.165, 1.54) is 0 Å². The van der Waals surface area contributed by atoms with Gasteiger partial charge in [0.2, 0.25) is 0 Å². The number of carbonyl (C=O) groups is 1. The molecule has 0 aromatic heterocycles. The molecule has 3 heteroatoms. The molecule has 0 bridgehead atoms. The van der Waals surface area contributed by atoms with Crippen LogP contribution in [0.15, 0.2) is 60.7 Å². The van der Waals surface area contributed by atoms with E-state index in [4.69, 9.17) is 9.84 Å². The Kier molecular flexibility index (Phi) is 4.34. The van der Waals surface area contributed by atoms with Crippen molar-refractivity contribution in [2.75, 3.05) is 0 Å². The number of rotatable bonds is 5. The van der Waals surface area contributed by atoms with Gasteiger partial charge in [-0.15, -0.1) is 0 Å². The van der Waals surface area contributed by atoms with Crippen LogP contribution in [0, 0.1) is 0 Å². The van der Waals surface area contributed by atoms with Crippen molar-refractivity contribution >= 4 is 12.0 Å². The second kappa shape index (κ2) is 6.40. The van der Waals surface area contributed by atoms with E-state index in [-0.39, 0.29) is 0 Å². The fourth-order valence-electron chi connectivity index (χ4n) is 1.58. The van der Waals surface area contributed by atoms with Crippen LogP contribution in [0.3, 0.4) is 0 Å². The minimum Gasteiger partial charge on any atom is -0.489 e. The fourth-order valence-corrected chi connectivity index (χ4v) is 1.58. The molecule has 0 fully saturated rings. The molecule has 1 N–H and O–H groups in total. The lowest BCUT2D eigenvalue weighted by Crippen LogP contribution is -1.94. The maximum absolute atomic E-state index is 10.4. The van der Waals surface area contributed by atoms with Gasteiger partial charge in [-0.2, -0.15) is 0 Å². The van der Waals surface area contributed by atoms with E-state index in [2.05, 4.69) is 0 Å².